The van der Waals surface area contributed by atoms with Crippen LogP contribution in [0.15, 0.2) is 17.4 Å². The third-order valence-corrected chi connectivity index (χ3v) is 4.66. The molecule has 0 atom stereocenters. The van der Waals surface area contributed by atoms with Crippen molar-refractivity contribution in [2.75, 3.05) is 32.6 Å². The molecule has 0 aliphatic carbocycles. The van der Waals surface area contributed by atoms with Gasteiger partial charge in [-0.25, -0.2) is 4.98 Å². The Morgan fingerprint density at radius 3 is 3.00 bits per heavy atom. The highest BCUT2D eigenvalue weighted by atomic mass is 32.2. The number of methoxy groups -OCH3 is 1. The van der Waals surface area contributed by atoms with Crippen molar-refractivity contribution < 1.29 is 9.66 Å². The molecule has 0 unspecified atom stereocenters. The van der Waals surface area contributed by atoms with E-state index in [0.29, 0.717) is 32.1 Å². The van der Waals surface area contributed by atoms with Gasteiger partial charge in [0.25, 0.3) is 6.20 Å². The standard InChI is InChI=1S/C13H23N5O3S2/c1-21-5-4-16-12(8-18(19)20)15-3-2-6-22-9-11-10-23-13(7-14)17-11/h8,10,15-16H,2-7,9,14H2,1H3. The van der Waals surface area contributed by atoms with Crippen LogP contribution in [0.1, 0.15) is 17.1 Å². The highest BCUT2D eigenvalue weighted by molar-refractivity contribution is 7.98. The smallest absolute Gasteiger partial charge is 0.274 e. The van der Waals surface area contributed by atoms with Gasteiger partial charge in [-0.2, -0.15) is 11.8 Å². The highest BCUT2D eigenvalue weighted by Gasteiger charge is 2.03. The molecule has 0 aliphatic rings. The summed E-state index contributed by atoms with van der Waals surface area (Å²) in [4.78, 5) is 14.5. The Morgan fingerprint density at radius 1 is 1.57 bits per heavy atom. The molecule has 4 N–H and O–H groups in total. The van der Waals surface area contributed by atoms with E-state index in [1.165, 1.54) is 0 Å². The molecule has 0 bridgehead atoms. The van der Waals surface area contributed by atoms with E-state index in [2.05, 4.69) is 15.6 Å². The minimum atomic E-state index is -0.478. The molecule has 8 nitrogen and oxygen atoms in total. The van der Waals surface area contributed by atoms with Gasteiger partial charge in [0.15, 0.2) is 5.82 Å². The van der Waals surface area contributed by atoms with Crippen molar-refractivity contribution in [3.8, 4) is 0 Å². The van der Waals surface area contributed by atoms with Crippen molar-refractivity contribution in [1.29, 1.82) is 0 Å². The third-order valence-electron chi connectivity index (χ3n) is 2.66. The quantitative estimate of drug-likeness (QED) is 0.272. The summed E-state index contributed by atoms with van der Waals surface area (Å²) in [6.45, 7) is 2.16. The fourth-order valence-electron chi connectivity index (χ4n) is 1.63. The van der Waals surface area contributed by atoms with Crippen LogP contribution in [0, 0.1) is 10.1 Å². The maximum Gasteiger partial charge on any atom is 0.274 e. The van der Waals surface area contributed by atoms with E-state index in [4.69, 9.17) is 10.5 Å². The molecule has 130 valence electrons. The maximum absolute atomic E-state index is 10.6. The molecule has 0 radical (unpaired) electrons. The molecule has 0 saturated heterocycles. The summed E-state index contributed by atoms with van der Waals surface area (Å²) in [7, 11) is 1.59. The van der Waals surface area contributed by atoms with E-state index in [0.717, 1.165) is 34.8 Å². The van der Waals surface area contributed by atoms with Gasteiger partial charge < -0.3 is 21.1 Å². The number of hydrogen-bond donors (Lipinski definition) is 3. The van der Waals surface area contributed by atoms with Gasteiger partial charge in [0.05, 0.1) is 17.2 Å². The van der Waals surface area contributed by atoms with Crippen LogP contribution in [0.5, 0.6) is 0 Å². The first-order chi connectivity index (χ1) is 11.2. The predicted octanol–water partition coefficient (Wildman–Crippen LogP) is 1.13. The van der Waals surface area contributed by atoms with Crippen LogP contribution >= 0.6 is 23.1 Å². The molecule has 0 fully saturated rings. The Kier molecular flexibility index (Phi) is 10.4. The van der Waals surface area contributed by atoms with Gasteiger partial charge in [-0.05, 0) is 12.2 Å². The van der Waals surface area contributed by atoms with Crippen LogP contribution in [-0.2, 0) is 17.0 Å². The Hall–Kier alpha value is -1.36. The number of nitrogens with zero attached hydrogens (tertiary/aromatic N) is 2. The van der Waals surface area contributed by atoms with E-state index >= 15 is 0 Å². The van der Waals surface area contributed by atoms with Gasteiger partial charge in [0.1, 0.15) is 5.01 Å². The van der Waals surface area contributed by atoms with E-state index in [-0.39, 0.29) is 0 Å². The topological polar surface area (TPSA) is 115 Å². The number of thiazole rings is 1. The summed E-state index contributed by atoms with van der Waals surface area (Å²) in [6.07, 6.45) is 1.84. The van der Waals surface area contributed by atoms with Crippen molar-refractivity contribution in [2.24, 2.45) is 5.73 Å². The molecule has 0 spiro atoms. The molecule has 0 aliphatic heterocycles. The lowest BCUT2D eigenvalue weighted by molar-refractivity contribution is -0.404. The summed E-state index contributed by atoms with van der Waals surface area (Å²) in [5.41, 5.74) is 6.59. The number of nitrogens with two attached hydrogens (primary N) is 1. The lowest BCUT2D eigenvalue weighted by atomic mass is 10.4. The normalized spacial score (nSPS) is 11.5. The molecule has 1 aromatic heterocycles. The maximum atomic E-state index is 10.6. The highest BCUT2D eigenvalue weighted by Crippen LogP contribution is 2.15. The van der Waals surface area contributed by atoms with Gasteiger partial charge in [-0.1, -0.05) is 0 Å². The number of aromatic nitrogens is 1. The number of nitrogens with one attached hydrogen (secondary N) is 2. The van der Waals surface area contributed by atoms with E-state index < -0.39 is 4.92 Å². The van der Waals surface area contributed by atoms with Crippen LogP contribution < -0.4 is 16.4 Å². The molecule has 0 saturated carbocycles. The summed E-state index contributed by atoms with van der Waals surface area (Å²) in [5, 5.41) is 19.5. The molecule has 10 heteroatoms. The van der Waals surface area contributed by atoms with Crippen molar-refractivity contribution in [3.63, 3.8) is 0 Å². The summed E-state index contributed by atoms with van der Waals surface area (Å²) in [5.74, 6) is 2.22. The molecule has 1 rings (SSSR count). The zero-order valence-corrected chi connectivity index (χ0v) is 14.8. The van der Waals surface area contributed by atoms with Gasteiger partial charge in [-0.3, -0.25) is 10.1 Å². The first kappa shape index (κ1) is 19.7. The average molecular weight is 361 g/mol. The summed E-state index contributed by atoms with van der Waals surface area (Å²) < 4.78 is 4.90. The number of hydrogen-bond acceptors (Lipinski definition) is 9. The van der Waals surface area contributed by atoms with Crippen molar-refractivity contribution >= 4 is 23.1 Å². The van der Waals surface area contributed by atoms with E-state index in [9.17, 15) is 10.1 Å². The SMILES string of the molecule is COCCNC(=C[N+](=O)[O-])NCCCSCc1csc(CN)n1. The van der Waals surface area contributed by atoms with Crippen LogP contribution in [0.4, 0.5) is 0 Å². The molecule has 23 heavy (non-hydrogen) atoms. The molecular weight excluding hydrogens is 338 g/mol. The molecular formula is C13H23N5O3S2. The van der Waals surface area contributed by atoms with Crippen molar-refractivity contribution in [2.45, 2.75) is 18.7 Å². The van der Waals surface area contributed by atoms with Gasteiger partial charge in [0, 0.05) is 37.9 Å². The zero-order valence-electron chi connectivity index (χ0n) is 13.1. The van der Waals surface area contributed by atoms with Gasteiger partial charge in [0.2, 0.25) is 0 Å². The largest absolute Gasteiger partial charge is 0.383 e. The number of nitro groups is 1. The van der Waals surface area contributed by atoms with Crippen LogP contribution in [0.25, 0.3) is 0 Å². The monoisotopic (exact) mass is 361 g/mol. The van der Waals surface area contributed by atoms with Crippen LogP contribution in [0.2, 0.25) is 0 Å². The van der Waals surface area contributed by atoms with Crippen LogP contribution in [0.3, 0.4) is 0 Å². The summed E-state index contributed by atoms with van der Waals surface area (Å²) in [6, 6.07) is 0. The molecule has 0 amide bonds. The number of ether oxygens (including phenoxy) is 1. The minimum absolute atomic E-state index is 0.407. The second kappa shape index (κ2) is 12.1. The fraction of sp³-hybridized carbons (Fsp3) is 0.615. The van der Waals surface area contributed by atoms with E-state index in [1.807, 2.05) is 5.38 Å². The first-order valence-corrected chi connectivity index (χ1v) is 9.22. The Morgan fingerprint density at radius 2 is 2.35 bits per heavy atom. The predicted molar refractivity (Wildman–Crippen MR) is 93.7 cm³/mol. The van der Waals surface area contributed by atoms with Crippen molar-refractivity contribution in [3.05, 3.63) is 38.2 Å². The third kappa shape index (κ3) is 9.39. The molecule has 1 aromatic rings. The zero-order chi connectivity index (χ0) is 16.9. The summed E-state index contributed by atoms with van der Waals surface area (Å²) >= 11 is 3.37. The van der Waals surface area contributed by atoms with E-state index in [1.54, 1.807) is 30.2 Å². The van der Waals surface area contributed by atoms with Crippen molar-refractivity contribution in [1.82, 2.24) is 15.6 Å². The Balaban J connectivity index is 2.16. The number of thioether (sulfide) groups is 1. The fourth-order valence-corrected chi connectivity index (χ4v) is 3.26. The molecule has 1 heterocycles. The lowest BCUT2D eigenvalue weighted by Crippen LogP contribution is -2.30. The second-order valence-corrected chi connectivity index (χ2v) is 6.57. The average Bonchev–Trinajstić information content (AvgIpc) is 2.98. The first-order valence-electron chi connectivity index (χ1n) is 7.18. The van der Waals surface area contributed by atoms with Crippen LogP contribution in [-0.4, -0.2) is 42.5 Å². The Bertz CT molecular complexity index is 496. The Labute approximate surface area is 144 Å². The minimum Gasteiger partial charge on any atom is -0.383 e. The van der Waals surface area contributed by atoms with Gasteiger partial charge >= 0.3 is 0 Å². The second-order valence-electron chi connectivity index (χ2n) is 4.52. The van der Waals surface area contributed by atoms with Gasteiger partial charge in [-0.15, -0.1) is 11.3 Å². The number of rotatable bonds is 13. The molecule has 0 aromatic carbocycles. The lowest BCUT2D eigenvalue weighted by Gasteiger charge is -2.10.